The summed E-state index contributed by atoms with van der Waals surface area (Å²) in [6.45, 7) is 0.497. The number of carbonyl (C=O) groups excluding carboxylic acids is 1. The first-order valence-corrected chi connectivity index (χ1v) is 9.29. The Hall–Kier alpha value is -2.30. The number of fused-ring (bicyclic) bond motifs is 1. The van der Waals surface area contributed by atoms with Crippen molar-refractivity contribution >= 4 is 34.5 Å². The Kier molecular flexibility index (Phi) is 4.47. The molecule has 25 heavy (non-hydrogen) atoms. The van der Waals surface area contributed by atoms with Gasteiger partial charge < -0.3 is 10.1 Å². The highest BCUT2D eigenvalue weighted by atomic mass is 35.5. The number of halogens is 1. The predicted molar refractivity (Wildman–Crippen MR) is 102 cm³/mol. The molecule has 1 N–H and O–H groups in total. The Labute approximate surface area is 155 Å². The molecule has 2 heterocycles. The van der Waals surface area contributed by atoms with Gasteiger partial charge in [0.05, 0.1) is 5.69 Å². The minimum Gasteiger partial charge on any atom is -0.489 e. The third kappa shape index (κ3) is 3.55. The third-order valence-corrected chi connectivity index (χ3v) is 5.56. The molecule has 1 aliphatic heterocycles. The van der Waals surface area contributed by atoms with E-state index in [1.807, 2.05) is 60.0 Å². The first kappa shape index (κ1) is 16.2. The van der Waals surface area contributed by atoms with Crippen LogP contribution in [0.2, 0.25) is 5.02 Å². The highest BCUT2D eigenvalue weighted by Crippen LogP contribution is 2.40. The molecule has 2 aromatic carbocycles. The van der Waals surface area contributed by atoms with Crippen molar-refractivity contribution in [2.45, 2.75) is 18.9 Å². The topological polar surface area (TPSA) is 38.3 Å². The van der Waals surface area contributed by atoms with Gasteiger partial charge in [0.15, 0.2) is 0 Å². The Morgan fingerprint density at radius 2 is 1.84 bits per heavy atom. The van der Waals surface area contributed by atoms with Crippen LogP contribution in [0.15, 0.2) is 60.0 Å². The molecule has 0 unspecified atom stereocenters. The van der Waals surface area contributed by atoms with Crippen LogP contribution in [0.1, 0.15) is 28.3 Å². The van der Waals surface area contributed by atoms with Gasteiger partial charge in [0.25, 0.3) is 0 Å². The van der Waals surface area contributed by atoms with Crippen molar-refractivity contribution in [2.75, 3.05) is 5.32 Å². The van der Waals surface area contributed by atoms with E-state index in [4.69, 9.17) is 16.3 Å². The van der Waals surface area contributed by atoms with E-state index in [0.29, 0.717) is 13.0 Å². The summed E-state index contributed by atoms with van der Waals surface area (Å²) in [6, 6.07) is 17.6. The summed E-state index contributed by atoms with van der Waals surface area (Å²) >= 11 is 7.58. The van der Waals surface area contributed by atoms with Crippen molar-refractivity contribution in [1.82, 2.24) is 0 Å². The van der Waals surface area contributed by atoms with Crippen LogP contribution in [0.4, 0.5) is 5.69 Å². The molecular formula is C20H16ClNO2S. The van der Waals surface area contributed by atoms with Gasteiger partial charge >= 0.3 is 0 Å². The summed E-state index contributed by atoms with van der Waals surface area (Å²) in [6.07, 6.45) is 0.485. The first-order chi connectivity index (χ1) is 12.2. The number of ether oxygens (including phenoxy) is 1. The summed E-state index contributed by atoms with van der Waals surface area (Å²) in [5, 5.41) is 5.67. The number of hydrogen-bond acceptors (Lipinski definition) is 3. The van der Waals surface area contributed by atoms with Gasteiger partial charge in [-0.3, -0.25) is 4.79 Å². The van der Waals surface area contributed by atoms with Crippen LogP contribution in [-0.2, 0) is 11.4 Å². The molecule has 3 aromatic rings. The lowest BCUT2D eigenvalue weighted by molar-refractivity contribution is -0.116. The van der Waals surface area contributed by atoms with E-state index in [2.05, 4.69) is 5.32 Å². The van der Waals surface area contributed by atoms with Gasteiger partial charge in [0, 0.05) is 22.2 Å². The van der Waals surface area contributed by atoms with Crippen molar-refractivity contribution in [3.8, 4) is 5.75 Å². The van der Waals surface area contributed by atoms with Gasteiger partial charge in [-0.2, -0.15) is 0 Å². The highest BCUT2D eigenvalue weighted by Gasteiger charge is 2.27. The van der Waals surface area contributed by atoms with E-state index in [-0.39, 0.29) is 11.8 Å². The summed E-state index contributed by atoms with van der Waals surface area (Å²) in [7, 11) is 0. The van der Waals surface area contributed by atoms with E-state index in [1.54, 1.807) is 11.3 Å². The number of benzene rings is 2. The zero-order chi connectivity index (χ0) is 17.2. The fourth-order valence-corrected chi connectivity index (χ4v) is 4.09. The maximum absolute atomic E-state index is 11.9. The Morgan fingerprint density at radius 1 is 1.08 bits per heavy atom. The fourth-order valence-electron chi connectivity index (χ4n) is 2.99. The minimum atomic E-state index is 0.0685. The Morgan fingerprint density at radius 3 is 2.60 bits per heavy atom. The largest absolute Gasteiger partial charge is 0.489 e. The van der Waals surface area contributed by atoms with Gasteiger partial charge in [-0.15, -0.1) is 11.3 Å². The molecule has 0 saturated carbocycles. The normalized spacial score (nSPS) is 16.2. The van der Waals surface area contributed by atoms with Crippen LogP contribution in [0.3, 0.4) is 0 Å². The highest BCUT2D eigenvalue weighted by molar-refractivity contribution is 7.10. The molecule has 3 nitrogen and oxygen atoms in total. The first-order valence-electron chi connectivity index (χ1n) is 8.03. The number of rotatable bonds is 4. The predicted octanol–water partition coefficient (Wildman–Crippen LogP) is 5.45. The number of hydrogen-bond donors (Lipinski definition) is 1. The summed E-state index contributed by atoms with van der Waals surface area (Å²) in [5.74, 6) is 0.999. The zero-order valence-corrected chi connectivity index (χ0v) is 14.9. The van der Waals surface area contributed by atoms with Crippen molar-refractivity contribution in [3.63, 3.8) is 0 Å². The molecule has 0 aliphatic carbocycles. The molecule has 0 radical (unpaired) electrons. The van der Waals surface area contributed by atoms with E-state index in [0.717, 1.165) is 27.6 Å². The molecule has 1 atom stereocenters. The minimum absolute atomic E-state index is 0.0685. The van der Waals surface area contributed by atoms with Gasteiger partial charge in [0.2, 0.25) is 5.91 Å². The second-order valence-corrected chi connectivity index (χ2v) is 7.37. The average molecular weight is 370 g/mol. The van der Waals surface area contributed by atoms with Gasteiger partial charge in [-0.1, -0.05) is 35.9 Å². The monoisotopic (exact) mass is 369 g/mol. The lowest BCUT2D eigenvalue weighted by Crippen LogP contribution is -2.21. The Bertz CT molecular complexity index is 887. The number of thiophene rings is 1. The molecule has 1 aromatic heterocycles. The smallest absolute Gasteiger partial charge is 0.225 e. The maximum atomic E-state index is 11.9. The van der Waals surface area contributed by atoms with Crippen LogP contribution in [0.5, 0.6) is 5.75 Å². The van der Waals surface area contributed by atoms with E-state index < -0.39 is 0 Å². The lowest BCUT2D eigenvalue weighted by atomic mass is 9.91. The Balaban J connectivity index is 1.47. The molecule has 4 rings (SSSR count). The summed E-state index contributed by atoms with van der Waals surface area (Å²) in [4.78, 5) is 13.1. The van der Waals surface area contributed by atoms with Crippen LogP contribution in [0.25, 0.3) is 0 Å². The van der Waals surface area contributed by atoms with Crippen LogP contribution in [0, 0.1) is 0 Å². The third-order valence-electron chi connectivity index (χ3n) is 4.28. The lowest BCUT2D eigenvalue weighted by Gasteiger charge is -2.23. The zero-order valence-electron chi connectivity index (χ0n) is 13.4. The van der Waals surface area contributed by atoms with E-state index >= 15 is 0 Å². The molecule has 0 fully saturated rings. The van der Waals surface area contributed by atoms with Crippen molar-refractivity contribution in [3.05, 3.63) is 81.0 Å². The maximum Gasteiger partial charge on any atom is 0.225 e. The van der Waals surface area contributed by atoms with Gasteiger partial charge in [-0.25, -0.2) is 0 Å². The molecule has 126 valence electrons. The molecule has 0 saturated heterocycles. The summed E-state index contributed by atoms with van der Waals surface area (Å²) in [5.41, 5.74) is 3.15. The number of amides is 1. The van der Waals surface area contributed by atoms with E-state index in [1.165, 1.54) is 4.88 Å². The van der Waals surface area contributed by atoms with Crippen molar-refractivity contribution < 1.29 is 9.53 Å². The summed E-state index contributed by atoms with van der Waals surface area (Å²) < 4.78 is 5.83. The quantitative estimate of drug-likeness (QED) is 0.663. The van der Waals surface area contributed by atoms with E-state index in [9.17, 15) is 4.79 Å². The number of carbonyl (C=O) groups is 1. The van der Waals surface area contributed by atoms with Crippen LogP contribution in [-0.4, -0.2) is 5.91 Å². The van der Waals surface area contributed by atoms with Gasteiger partial charge in [-0.05, 0) is 46.8 Å². The second-order valence-electron chi connectivity index (χ2n) is 5.99. The number of nitrogens with one attached hydrogen (secondary N) is 1. The molecule has 1 aliphatic rings. The van der Waals surface area contributed by atoms with Gasteiger partial charge in [0.1, 0.15) is 12.4 Å². The molecule has 0 spiro atoms. The SMILES string of the molecule is O=C1C[C@H](c2ccc(OCc3ccc(Cl)cc3)cc2)c2sccc2N1. The van der Waals surface area contributed by atoms with Crippen LogP contribution < -0.4 is 10.1 Å². The van der Waals surface area contributed by atoms with Crippen LogP contribution >= 0.6 is 22.9 Å². The fraction of sp³-hybridized carbons (Fsp3) is 0.150. The average Bonchev–Trinajstić information content (AvgIpc) is 3.09. The standard InChI is InChI=1S/C20H16ClNO2S/c21-15-5-1-13(2-6-15)12-24-16-7-3-14(4-8-16)17-11-19(23)22-18-9-10-25-20(17)18/h1-10,17H,11-12H2,(H,22,23)/t17-/m1/s1. The molecule has 5 heteroatoms. The molecule has 1 amide bonds. The molecular weight excluding hydrogens is 354 g/mol. The van der Waals surface area contributed by atoms with Crippen molar-refractivity contribution in [2.24, 2.45) is 0 Å². The van der Waals surface area contributed by atoms with Crippen molar-refractivity contribution in [1.29, 1.82) is 0 Å². The number of anilines is 1. The molecule has 0 bridgehead atoms. The second kappa shape index (κ2) is 6.90.